The Balaban J connectivity index is 1.67. The van der Waals surface area contributed by atoms with Crippen LogP contribution in [-0.4, -0.2) is 28.9 Å². The highest BCUT2D eigenvalue weighted by Gasteiger charge is 2.28. The molecular formula is C26H25BrN2O2. The Labute approximate surface area is 191 Å². The van der Waals surface area contributed by atoms with E-state index >= 15 is 0 Å². The minimum Gasteiger partial charge on any atom is -0.484 e. The van der Waals surface area contributed by atoms with Crippen LogP contribution >= 0.6 is 15.9 Å². The van der Waals surface area contributed by atoms with Crippen LogP contribution in [0.2, 0.25) is 0 Å². The van der Waals surface area contributed by atoms with Gasteiger partial charge in [0.2, 0.25) is 0 Å². The van der Waals surface area contributed by atoms with Gasteiger partial charge in [-0.25, -0.2) is 0 Å². The number of rotatable bonds is 7. The molecule has 3 aromatic carbocycles. The number of nitrogens with one attached hydrogen (secondary N) is 1. The average Bonchev–Trinajstić information content (AvgIpc) is 3.21. The molecule has 0 bridgehead atoms. The van der Waals surface area contributed by atoms with E-state index in [1.807, 2.05) is 54.4 Å². The summed E-state index contributed by atoms with van der Waals surface area (Å²) in [6.07, 6.45) is 2.01. The highest BCUT2D eigenvalue weighted by Crippen LogP contribution is 2.34. The summed E-state index contributed by atoms with van der Waals surface area (Å²) in [4.78, 5) is 18.6. The SMILES string of the molecule is CCN(C(=O)COc1ccc(Br)cc1)[C@@H](c1ccc(C)cc1)c1c[nH]c2ccccc12. The summed E-state index contributed by atoms with van der Waals surface area (Å²) in [7, 11) is 0. The normalized spacial score (nSPS) is 12.0. The number of aromatic amines is 1. The summed E-state index contributed by atoms with van der Waals surface area (Å²) in [6.45, 7) is 4.63. The van der Waals surface area contributed by atoms with Crippen molar-refractivity contribution in [3.63, 3.8) is 0 Å². The number of fused-ring (bicyclic) bond motifs is 1. The lowest BCUT2D eigenvalue weighted by Gasteiger charge is -2.31. The third-order valence-corrected chi connectivity index (χ3v) is 5.99. The first-order valence-corrected chi connectivity index (χ1v) is 11.2. The Morgan fingerprint density at radius 1 is 1.03 bits per heavy atom. The monoisotopic (exact) mass is 476 g/mol. The summed E-state index contributed by atoms with van der Waals surface area (Å²) in [5, 5.41) is 1.12. The van der Waals surface area contributed by atoms with Gasteiger partial charge in [-0.05, 0) is 49.7 Å². The zero-order valence-corrected chi connectivity index (χ0v) is 19.2. The van der Waals surface area contributed by atoms with Crippen LogP contribution in [0.3, 0.4) is 0 Å². The average molecular weight is 477 g/mol. The van der Waals surface area contributed by atoms with E-state index in [1.54, 1.807) is 0 Å². The fourth-order valence-corrected chi connectivity index (χ4v) is 4.12. The summed E-state index contributed by atoms with van der Waals surface area (Å²) in [5.74, 6) is 0.618. The molecule has 0 aliphatic carbocycles. The molecule has 4 aromatic rings. The van der Waals surface area contributed by atoms with Gasteiger partial charge in [0.15, 0.2) is 6.61 Å². The molecule has 1 aromatic heterocycles. The van der Waals surface area contributed by atoms with Crippen molar-refractivity contribution in [2.75, 3.05) is 13.2 Å². The number of hydrogen-bond donors (Lipinski definition) is 1. The third kappa shape index (κ3) is 4.67. The smallest absolute Gasteiger partial charge is 0.261 e. The number of hydrogen-bond acceptors (Lipinski definition) is 2. The van der Waals surface area contributed by atoms with Crippen molar-refractivity contribution < 1.29 is 9.53 Å². The number of amides is 1. The molecule has 0 aliphatic heterocycles. The molecule has 158 valence electrons. The van der Waals surface area contributed by atoms with Crippen LogP contribution in [0.1, 0.15) is 29.7 Å². The van der Waals surface area contributed by atoms with Crippen LogP contribution in [0.5, 0.6) is 5.75 Å². The van der Waals surface area contributed by atoms with Crippen molar-refractivity contribution >= 4 is 32.7 Å². The lowest BCUT2D eigenvalue weighted by molar-refractivity contribution is -0.134. The topological polar surface area (TPSA) is 45.3 Å². The lowest BCUT2D eigenvalue weighted by Crippen LogP contribution is -2.38. The van der Waals surface area contributed by atoms with E-state index < -0.39 is 0 Å². The molecule has 1 N–H and O–H groups in total. The Kier molecular flexibility index (Phi) is 6.42. The Morgan fingerprint density at radius 3 is 2.45 bits per heavy atom. The second kappa shape index (κ2) is 9.40. The number of aromatic nitrogens is 1. The van der Waals surface area contributed by atoms with Gasteiger partial charge in [0, 0.05) is 33.7 Å². The first-order valence-electron chi connectivity index (χ1n) is 10.4. The molecule has 5 heteroatoms. The minimum absolute atomic E-state index is 0.0137. The van der Waals surface area contributed by atoms with E-state index in [0.717, 1.165) is 26.5 Å². The van der Waals surface area contributed by atoms with Gasteiger partial charge >= 0.3 is 0 Å². The van der Waals surface area contributed by atoms with Crippen LogP contribution in [0.4, 0.5) is 0 Å². The van der Waals surface area contributed by atoms with Crippen molar-refractivity contribution in [2.45, 2.75) is 19.9 Å². The maximum Gasteiger partial charge on any atom is 0.261 e. The van der Waals surface area contributed by atoms with Crippen LogP contribution in [0, 0.1) is 6.92 Å². The predicted molar refractivity (Wildman–Crippen MR) is 128 cm³/mol. The van der Waals surface area contributed by atoms with Gasteiger partial charge in [0.25, 0.3) is 5.91 Å². The molecule has 4 rings (SSSR count). The molecule has 31 heavy (non-hydrogen) atoms. The Bertz CT molecular complexity index is 1170. The molecule has 1 heterocycles. The summed E-state index contributed by atoms with van der Waals surface area (Å²) < 4.78 is 6.77. The van der Waals surface area contributed by atoms with Gasteiger partial charge in [-0.15, -0.1) is 0 Å². The third-order valence-electron chi connectivity index (χ3n) is 5.46. The molecule has 0 saturated heterocycles. The Morgan fingerprint density at radius 2 is 1.74 bits per heavy atom. The summed E-state index contributed by atoms with van der Waals surface area (Å²) in [6, 6.07) is 23.9. The number of aryl methyl sites for hydroxylation is 1. The van der Waals surface area contributed by atoms with Crippen molar-refractivity contribution in [3.8, 4) is 5.75 Å². The fraction of sp³-hybridized carbons (Fsp3) is 0.192. The second-order valence-corrected chi connectivity index (χ2v) is 8.44. The number of nitrogens with zero attached hydrogens (tertiary/aromatic N) is 1. The van der Waals surface area contributed by atoms with E-state index in [-0.39, 0.29) is 18.6 Å². The quantitative estimate of drug-likeness (QED) is 0.342. The van der Waals surface area contributed by atoms with Crippen LogP contribution in [0.15, 0.2) is 83.5 Å². The van der Waals surface area contributed by atoms with Gasteiger partial charge < -0.3 is 14.6 Å². The van der Waals surface area contributed by atoms with E-state index in [4.69, 9.17) is 4.74 Å². The molecule has 0 unspecified atom stereocenters. The zero-order valence-electron chi connectivity index (χ0n) is 17.6. The minimum atomic E-state index is -0.206. The number of para-hydroxylation sites is 1. The largest absolute Gasteiger partial charge is 0.484 e. The molecule has 0 spiro atoms. The van der Waals surface area contributed by atoms with E-state index in [2.05, 4.69) is 64.2 Å². The highest BCUT2D eigenvalue weighted by atomic mass is 79.9. The number of carbonyl (C=O) groups is 1. The lowest BCUT2D eigenvalue weighted by atomic mass is 9.95. The van der Waals surface area contributed by atoms with Gasteiger partial charge in [0.1, 0.15) is 5.75 Å². The van der Waals surface area contributed by atoms with Crippen molar-refractivity contribution in [1.29, 1.82) is 0 Å². The first kappa shape index (κ1) is 21.2. The first-order chi connectivity index (χ1) is 15.1. The molecular weight excluding hydrogens is 452 g/mol. The van der Waals surface area contributed by atoms with Gasteiger partial charge in [-0.1, -0.05) is 64.0 Å². The maximum atomic E-state index is 13.3. The molecule has 4 nitrogen and oxygen atoms in total. The van der Waals surface area contributed by atoms with Crippen LogP contribution in [-0.2, 0) is 4.79 Å². The number of ether oxygens (including phenoxy) is 1. The number of benzene rings is 3. The van der Waals surface area contributed by atoms with E-state index in [0.29, 0.717) is 12.3 Å². The summed E-state index contributed by atoms with van der Waals surface area (Å²) >= 11 is 3.42. The van der Waals surface area contributed by atoms with Crippen molar-refractivity contribution in [3.05, 3.63) is 100 Å². The van der Waals surface area contributed by atoms with Gasteiger partial charge in [-0.3, -0.25) is 4.79 Å². The fourth-order valence-electron chi connectivity index (χ4n) is 3.86. The molecule has 1 atom stereocenters. The van der Waals surface area contributed by atoms with Crippen molar-refractivity contribution in [1.82, 2.24) is 9.88 Å². The molecule has 0 fully saturated rings. The van der Waals surface area contributed by atoms with Gasteiger partial charge in [0.05, 0.1) is 6.04 Å². The maximum absolute atomic E-state index is 13.3. The van der Waals surface area contributed by atoms with Gasteiger partial charge in [-0.2, -0.15) is 0 Å². The second-order valence-electron chi connectivity index (χ2n) is 7.53. The van der Waals surface area contributed by atoms with E-state index in [9.17, 15) is 4.79 Å². The summed E-state index contributed by atoms with van der Waals surface area (Å²) in [5.41, 5.74) is 4.41. The predicted octanol–water partition coefficient (Wildman–Crippen LogP) is 6.26. The number of likely N-dealkylation sites (N-methyl/N-ethyl adjacent to an activating group) is 1. The molecule has 1 amide bonds. The standard InChI is InChI=1S/C26H25BrN2O2/c1-3-29(25(30)17-31-21-14-12-20(27)13-15-21)26(19-10-8-18(2)9-11-19)23-16-28-24-7-5-4-6-22(23)24/h4-16,26,28H,3,17H2,1-2H3/t26-/m0/s1. The molecule has 0 radical (unpaired) electrons. The van der Waals surface area contributed by atoms with E-state index in [1.165, 1.54) is 5.56 Å². The zero-order chi connectivity index (χ0) is 21.8. The molecule has 0 saturated carbocycles. The van der Waals surface area contributed by atoms with Crippen LogP contribution < -0.4 is 4.74 Å². The van der Waals surface area contributed by atoms with Crippen LogP contribution in [0.25, 0.3) is 10.9 Å². The van der Waals surface area contributed by atoms with Crippen molar-refractivity contribution in [2.24, 2.45) is 0 Å². The highest BCUT2D eigenvalue weighted by molar-refractivity contribution is 9.10. The number of H-pyrrole nitrogens is 1. The number of carbonyl (C=O) groups excluding carboxylic acids is 1. The number of halogens is 1. The Hall–Kier alpha value is -3.05. The molecule has 0 aliphatic rings.